The maximum atomic E-state index is 14.6. The van der Waals surface area contributed by atoms with E-state index in [-0.39, 0.29) is 24.2 Å². The summed E-state index contributed by atoms with van der Waals surface area (Å²) in [4.78, 5) is 69.4. The largest absolute Gasteiger partial charge is 0.456 e. The first-order chi connectivity index (χ1) is 31.2. The third kappa shape index (κ3) is 7.64. The van der Waals surface area contributed by atoms with E-state index in [4.69, 9.17) is 33.2 Å². The second-order valence-corrected chi connectivity index (χ2v) is 19.0. The van der Waals surface area contributed by atoms with Crippen LogP contribution in [0.15, 0.2) is 115 Å². The zero-order chi connectivity index (χ0) is 47.6. The predicted octanol–water partition coefficient (Wildman–Crippen LogP) is 5.49. The van der Waals surface area contributed by atoms with E-state index in [9.17, 15) is 34.2 Å². The number of ether oxygens (including phenoxy) is 7. The Morgan fingerprint density at radius 2 is 1.42 bits per heavy atom. The van der Waals surface area contributed by atoms with Gasteiger partial charge in [-0.15, -0.1) is 0 Å². The first-order valence-corrected chi connectivity index (χ1v) is 22.2. The summed E-state index contributed by atoms with van der Waals surface area (Å²) in [6.07, 6.45) is -7.96. The first-order valence-electron chi connectivity index (χ1n) is 22.2. The lowest BCUT2D eigenvalue weighted by Gasteiger charge is -2.71. The van der Waals surface area contributed by atoms with Crippen molar-refractivity contribution in [3.8, 4) is 0 Å². The van der Waals surface area contributed by atoms with Crippen molar-refractivity contribution in [3.05, 3.63) is 131 Å². The molecular weight excluding hydrogens is 851 g/mol. The number of aliphatic hydroxyl groups excluding tert-OH is 1. The molecule has 5 aliphatic rings. The molecule has 350 valence electrons. The Bertz CT molecular complexity index is 2420. The fourth-order valence-electron chi connectivity index (χ4n) is 11.4. The summed E-state index contributed by atoms with van der Waals surface area (Å²) in [6, 6.07) is 23.6. The van der Waals surface area contributed by atoms with Gasteiger partial charge >= 0.3 is 23.9 Å². The Kier molecular flexibility index (Phi) is 12.2. The Morgan fingerprint density at radius 1 is 0.818 bits per heavy atom. The van der Waals surface area contributed by atoms with E-state index >= 15 is 0 Å². The number of amides is 1. The molecule has 3 aliphatic carbocycles. The summed E-state index contributed by atoms with van der Waals surface area (Å²) >= 11 is 0. The monoisotopic (exact) mass is 907 g/mol. The van der Waals surface area contributed by atoms with Crippen LogP contribution in [0.3, 0.4) is 0 Å². The van der Waals surface area contributed by atoms with Gasteiger partial charge < -0.3 is 48.7 Å². The van der Waals surface area contributed by atoms with Crippen LogP contribution in [0.1, 0.15) is 93.6 Å². The summed E-state index contributed by atoms with van der Waals surface area (Å²) in [6.45, 7) is 14.9. The molecule has 2 aliphatic heterocycles. The topological polar surface area (TPSA) is 202 Å². The highest BCUT2D eigenvalue weighted by atomic mass is 16.7. The van der Waals surface area contributed by atoms with Crippen molar-refractivity contribution in [2.45, 2.75) is 127 Å². The van der Waals surface area contributed by atoms with E-state index in [1.54, 1.807) is 119 Å². The average Bonchev–Trinajstić information content (AvgIpc) is 3.28. The van der Waals surface area contributed by atoms with Crippen LogP contribution in [0.2, 0.25) is 0 Å². The second-order valence-electron chi connectivity index (χ2n) is 19.0. The Hall–Kier alpha value is -5.71. The van der Waals surface area contributed by atoms with Crippen LogP contribution < -0.4 is 5.32 Å². The molecule has 0 aromatic heterocycles. The molecule has 4 fully saturated rings. The van der Waals surface area contributed by atoms with E-state index in [0.29, 0.717) is 16.7 Å². The van der Waals surface area contributed by atoms with E-state index in [1.807, 2.05) is 6.92 Å². The normalized spacial score (nSPS) is 34.8. The van der Waals surface area contributed by atoms with Gasteiger partial charge in [0.1, 0.15) is 30.0 Å². The number of carbonyl (C=O) groups excluding carboxylic acids is 5. The molecule has 2 unspecified atom stereocenters. The maximum absolute atomic E-state index is 14.6. The Morgan fingerprint density at radius 3 is 1.98 bits per heavy atom. The van der Waals surface area contributed by atoms with Gasteiger partial charge in [-0.25, -0.2) is 9.59 Å². The Labute approximate surface area is 383 Å². The minimum absolute atomic E-state index is 0.157. The van der Waals surface area contributed by atoms with Gasteiger partial charge in [0.2, 0.25) is 0 Å². The van der Waals surface area contributed by atoms with Gasteiger partial charge in [-0.1, -0.05) is 94.1 Å². The minimum atomic E-state index is -2.26. The molecule has 15 nitrogen and oxygen atoms in total. The predicted molar refractivity (Wildman–Crippen MR) is 235 cm³/mol. The molecule has 3 aromatic carbocycles. The standard InChI is InChI=1S/C51H57NO14/c1-9-48(7)65-35-25-36-50(27-60-36,64-30(4)54)41-43(63-45(57)33-23-17-12-18-24-33)51(59)26-34(28(2)37(47(51,5)6)40(61-29(3)53)42(66-48)49(35,41)8)62-46(58)39(55)38(31-19-13-10-14-20-31)52-44(56)32-21-15-11-16-22-32/h9-24,34-36,38-43,55,59H,1,25-27H2,2-8H3,(H,52,56)/t34-,35-,36+,38-,39+,40-,41-,42-,43-,48?,49+,50?,51+/m0/s1. The van der Waals surface area contributed by atoms with Gasteiger partial charge in [0.25, 0.3) is 5.91 Å². The van der Waals surface area contributed by atoms with E-state index in [1.165, 1.54) is 19.9 Å². The van der Waals surface area contributed by atoms with Crippen LogP contribution in [-0.2, 0) is 47.5 Å². The van der Waals surface area contributed by atoms with Crippen molar-refractivity contribution in [2.24, 2.45) is 16.7 Å². The van der Waals surface area contributed by atoms with Gasteiger partial charge in [-0.3, -0.25) is 14.4 Å². The minimum Gasteiger partial charge on any atom is -0.456 e. The molecule has 3 aromatic rings. The Balaban J connectivity index is 1.32. The van der Waals surface area contributed by atoms with Crippen molar-refractivity contribution in [1.82, 2.24) is 5.32 Å². The molecule has 66 heavy (non-hydrogen) atoms. The van der Waals surface area contributed by atoms with Crippen molar-refractivity contribution in [2.75, 3.05) is 6.61 Å². The molecule has 2 bridgehead atoms. The highest BCUT2D eigenvalue weighted by Gasteiger charge is 2.80. The summed E-state index contributed by atoms with van der Waals surface area (Å²) in [5.41, 5.74) is -5.25. The fourth-order valence-corrected chi connectivity index (χ4v) is 11.4. The maximum Gasteiger partial charge on any atom is 0.338 e. The fraction of sp³-hybridized carbons (Fsp3) is 0.471. The number of hydrogen-bond donors (Lipinski definition) is 3. The molecule has 2 saturated carbocycles. The van der Waals surface area contributed by atoms with Crippen molar-refractivity contribution < 1.29 is 67.3 Å². The SMILES string of the molecule is C=CC1(C)O[C@H]2C[C@H]3OCC3(OC(C)=O)[C@H]3[C@H](OC(=O)c4ccccc4)[C@]4(O)C[C@H](OC(=O)[C@H](O)[C@@H](NC(=O)c5ccccc5)c5ccccc5)C(C)=C([C@H](OC(C)=O)[C@H](O1)[C@]23C)C4(C)C. The number of aliphatic hydroxyl groups is 2. The van der Waals surface area contributed by atoms with Crippen LogP contribution >= 0.6 is 0 Å². The number of nitrogens with one attached hydrogen (secondary N) is 1. The molecule has 8 rings (SSSR count). The van der Waals surface area contributed by atoms with Crippen molar-refractivity contribution >= 4 is 29.8 Å². The summed E-state index contributed by atoms with van der Waals surface area (Å²) < 4.78 is 45.5. The lowest BCUT2D eigenvalue weighted by atomic mass is 9.44. The van der Waals surface area contributed by atoms with Gasteiger partial charge in [-0.2, -0.15) is 0 Å². The number of rotatable bonds is 11. The van der Waals surface area contributed by atoms with Crippen LogP contribution in [-0.4, -0.2) is 106 Å². The molecule has 1 amide bonds. The molecule has 15 heteroatoms. The lowest BCUT2D eigenvalue weighted by molar-refractivity contribution is -0.424. The highest BCUT2D eigenvalue weighted by molar-refractivity contribution is 5.95. The number of benzene rings is 3. The average molecular weight is 908 g/mol. The van der Waals surface area contributed by atoms with Gasteiger partial charge in [0.05, 0.1) is 30.2 Å². The first kappa shape index (κ1) is 46.8. The zero-order valence-corrected chi connectivity index (χ0v) is 38.1. The number of carbonyl (C=O) groups is 5. The highest BCUT2D eigenvalue weighted by Crippen LogP contribution is 2.68. The van der Waals surface area contributed by atoms with Gasteiger partial charge in [-0.05, 0) is 60.9 Å². The second kappa shape index (κ2) is 17.2. The third-order valence-electron chi connectivity index (χ3n) is 14.8. The number of esters is 4. The van der Waals surface area contributed by atoms with Crippen LogP contribution in [0.25, 0.3) is 0 Å². The molecular formula is C51H57NO14. The van der Waals surface area contributed by atoms with Crippen LogP contribution in [0.5, 0.6) is 0 Å². The molecule has 0 spiro atoms. The molecule has 13 atom stereocenters. The summed E-state index contributed by atoms with van der Waals surface area (Å²) in [7, 11) is 0. The zero-order valence-electron chi connectivity index (χ0n) is 38.1. The van der Waals surface area contributed by atoms with E-state index in [2.05, 4.69) is 11.9 Å². The van der Waals surface area contributed by atoms with E-state index < -0.39 is 119 Å². The lowest BCUT2D eigenvalue weighted by Crippen LogP contribution is -2.84. The smallest absolute Gasteiger partial charge is 0.338 e. The molecule has 0 radical (unpaired) electrons. The summed E-state index contributed by atoms with van der Waals surface area (Å²) in [5.74, 6) is -6.60. The van der Waals surface area contributed by atoms with Gasteiger partial charge in [0, 0.05) is 43.1 Å². The number of hydrogen-bond acceptors (Lipinski definition) is 14. The van der Waals surface area contributed by atoms with Crippen molar-refractivity contribution in [1.29, 1.82) is 0 Å². The van der Waals surface area contributed by atoms with Gasteiger partial charge in [0.15, 0.2) is 23.6 Å². The quantitative estimate of drug-likeness (QED) is 0.124. The van der Waals surface area contributed by atoms with E-state index in [0.717, 1.165) is 0 Å². The van der Waals surface area contributed by atoms with Crippen molar-refractivity contribution in [3.63, 3.8) is 0 Å². The third-order valence-corrected chi connectivity index (χ3v) is 14.8. The number of fused-ring (bicyclic) bond motifs is 4. The molecule has 3 N–H and O–H groups in total. The van der Waals surface area contributed by atoms with Crippen LogP contribution in [0, 0.1) is 16.7 Å². The molecule has 2 heterocycles. The summed E-state index contributed by atoms with van der Waals surface area (Å²) in [5, 5.41) is 28.7. The van der Waals surface area contributed by atoms with Crippen LogP contribution in [0.4, 0.5) is 0 Å². The molecule has 2 saturated heterocycles.